The molecule has 12 atom stereocenters. The maximum Gasteiger partial charge on any atom is 0.243 e. The maximum atomic E-state index is 14.6. The Kier molecular flexibility index (Phi) is 47.0. The smallest absolute Gasteiger partial charge is 0.243 e. The second-order valence-corrected chi connectivity index (χ2v) is 28.6. The van der Waals surface area contributed by atoms with Crippen LogP contribution in [0.25, 0.3) is 0 Å². The monoisotopic (exact) mass is 1360 g/mol. The number of primary amides is 1. The van der Waals surface area contributed by atoms with E-state index < -0.39 is 155 Å². The van der Waals surface area contributed by atoms with Gasteiger partial charge in [-0.3, -0.25) is 62.5 Å². The number of carbonyl (C=O) groups excluding carboxylic acids is 12. The van der Waals surface area contributed by atoms with E-state index in [9.17, 15) is 62.6 Å². The van der Waals surface area contributed by atoms with Gasteiger partial charge in [0.15, 0.2) is 34.9 Å². The van der Waals surface area contributed by atoms with Gasteiger partial charge in [0.1, 0.15) is 12.1 Å². The molecule has 0 fully saturated rings. The number of rotatable bonds is 57. The number of aliphatic imine (C=N–C) groups is 1. The lowest BCUT2D eigenvalue weighted by atomic mass is 9.83. The van der Waals surface area contributed by atoms with Crippen molar-refractivity contribution in [3.8, 4) is 0 Å². The third kappa shape index (κ3) is 38.7. The Morgan fingerprint density at radius 1 is 0.438 bits per heavy atom. The molecule has 15 N–H and O–H groups in total. The SMILES string of the molecule is CCCCCCCCCCCCCCCC(=O)N[C@@H](CC(N)=O)C(=O)N[C@H](C(=O)C[C@H](C(=O)N[C@@H](CCCN=C(N)N)C(=O)C[C@H](C(=O)N[C@@H](CC(C)C)C(=O)C[C@@H](C)C(=O)N[C@H](C(=O)C[C@@H](CCCCN)C(=O)N[C@@H](CC(C)C)C(C)=O)[C@@H](C)O)C(C)C)C(C)C)[C@@H](C)CC. The average Bonchev–Trinajstić information content (AvgIpc) is 0.894. The molecule has 0 rings (SSSR count). The Balaban J connectivity index is 6.46. The zero-order chi connectivity index (χ0) is 73.2. The van der Waals surface area contributed by atoms with Gasteiger partial charge in [0, 0.05) is 62.3 Å². The Morgan fingerprint density at radius 2 is 0.906 bits per heavy atom. The molecule has 7 amide bonds. The Bertz CT molecular complexity index is 2430. The highest BCUT2D eigenvalue weighted by atomic mass is 16.3. The minimum atomic E-state index is -1.45. The van der Waals surface area contributed by atoms with Crippen LogP contribution in [0.2, 0.25) is 0 Å². The molecular formula is C72H131N11O13. The molecule has 24 nitrogen and oxygen atoms in total. The summed E-state index contributed by atoms with van der Waals surface area (Å²) in [6, 6.07) is -7.00. The Labute approximate surface area is 575 Å². The number of Topliss-reactive ketones (excluding diaryl/α,β-unsaturated/α-hetero) is 5. The molecule has 0 spiro atoms. The van der Waals surface area contributed by atoms with Gasteiger partial charge in [-0.05, 0) is 94.9 Å². The molecule has 0 bridgehead atoms. The van der Waals surface area contributed by atoms with Gasteiger partial charge in [-0.1, -0.05) is 173 Å². The summed E-state index contributed by atoms with van der Waals surface area (Å²) in [7, 11) is 0. The fourth-order valence-electron chi connectivity index (χ4n) is 11.7. The number of hydrogen-bond donors (Lipinski definition) is 11. The van der Waals surface area contributed by atoms with Crippen molar-refractivity contribution in [3.05, 3.63) is 0 Å². The number of aliphatic hydroxyl groups is 1. The van der Waals surface area contributed by atoms with Crippen LogP contribution in [0, 0.1) is 53.3 Å². The van der Waals surface area contributed by atoms with E-state index in [1.165, 1.54) is 72.1 Å². The Hall–Kier alpha value is -6.17. The van der Waals surface area contributed by atoms with Crippen molar-refractivity contribution in [3.63, 3.8) is 0 Å². The van der Waals surface area contributed by atoms with Crippen LogP contribution < -0.4 is 54.8 Å². The van der Waals surface area contributed by atoms with Crippen LogP contribution in [-0.4, -0.2) is 137 Å². The number of nitrogens with two attached hydrogens (primary N) is 4. The van der Waals surface area contributed by atoms with Crippen LogP contribution in [0.3, 0.4) is 0 Å². The summed E-state index contributed by atoms with van der Waals surface area (Å²) in [5, 5.41) is 27.3. The van der Waals surface area contributed by atoms with Gasteiger partial charge in [-0.15, -0.1) is 0 Å². The highest BCUT2D eigenvalue weighted by Gasteiger charge is 2.39. The van der Waals surface area contributed by atoms with E-state index in [0.717, 1.165) is 25.7 Å². The third-order valence-corrected chi connectivity index (χ3v) is 18.0. The molecule has 0 aliphatic rings. The third-order valence-electron chi connectivity index (χ3n) is 18.0. The van der Waals surface area contributed by atoms with E-state index in [1.54, 1.807) is 34.6 Å². The standard InChI is InChI=1S/C72H131N11O13/c1-15-17-18-19-20-21-22-23-24-25-26-27-28-34-64(91)78-58(43-63(74)90)71(96)82-65(48(11)16-2)62(89)42-54(47(9)10)69(94)79-55(33-31-36-77-72(75)76)60(87)41-53(46(7)8)70(95)81-57(38-45(5)6)59(86)39-49(12)67(92)83-66(51(14)85)61(88)40-52(32-29-30-35-73)68(93)80-56(50(13)84)37-44(3)4/h44-49,51-58,65-66,85H,15-43,73H2,1-14H3,(H2,74,90)(H,78,91)(H,79,94)(H,80,93)(H,81,95)(H,82,96)(H,83,92)(H4,75,76,77)/t48-,49+,51+,52+,53-,54-,55-,56-,57-,58-,65-,66-/m0/s1. The second kappa shape index (κ2) is 50.2. The van der Waals surface area contributed by atoms with Crippen LogP contribution in [0.15, 0.2) is 4.99 Å². The lowest BCUT2D eigenvalue weighted by Crippen LogP contribution is -2.55. The molecular weight excluding hydrogens is 1230 g/mol. The summed E-state index contributed by atoms with van der Waals surface area (Å²) < 4.78 is 0. The fraction of sp³-hybridized carbons (Fsp3) is 0.819. The minimum absolute atomic E-state index is 0.0328. The molecule has 0 saturated carbocycles. The van der Waals surface area contributed by atoms with Gasteiger partial charge in [-0.2, -0.15) is 0 Å². The number of amides is 7. The Morgan fingerprint density at radius 3 is 1.38 bits per heavy atom. The molecule has 24 heteroatoms. The molecule has 0 aliphatic carbocycles. The van der Waals surface area contributed by atoms with Crippen molar-refractivity contribution in [2.45, 2.75) is 313 Å². The number of unbranched alkanes of at least 4 members (excludes halogenated alkanes) is 13. The van der Waals surface area contributed by atoms with Gasteiger partial charge >= 0.3 is 0 Å². The predicted molar refractivity (Wildman–Crippen MR) is 377 cm³/mol. The van der Waals surface area contributed by atoms with Crippen LogP contribution in [0.4, 0.5) is 0 Å². The minimum Gasteiger partial charge on any atom is -0.391 e. The van der Waals surface area contributed by atoms with Crippen molar-refractivity contribution in [2.24, 2.45) is 81.2 Å². The molecule has 0 unspecified atom stereocenters. The molecule has 0 radical (unpaired) electrons. The van der Waals surface area contributed by atoms with Crippen LogP contribution in [0.5, 0.6) is 0 Å². The first kappa shape index (κ1) is 89.8. The fourth-order valence-corrected chi connectivity index (χ4v) is 11.7. The largest absolute Gasteiger partial charge is 0.391 e. The maximum absolute atomic E-state index is 14.6. The molecule has 0 aromatic carbocycles. The summed E-state index contributed by atoms with van der Waals surface area (Å²) in [6.45, 7) is 24.9. The normalized spacial score (nSPS) is 15.3. The predicted octanol–water partition coefficient (Wildman–Crippen LogP) is 7.18. The highest BCUT2D eigenvalue weighted by molar-refractivity contribution is 5.99. The molecule has 0 aliphatic heterocycles. The number of nitrogens with one attached hydrogen (secondary N) is 6. The summed E-state index contributed by atoms with van der Waals surface area (Å²) in [6.07, 6.45) is 14.1. The average molecular weight is 1360 g/mol. The summed E-state index contributed by atoms with van der Waals surface area (Å²) in [5.41, 5.74) is 22.5. The van der Waals surface area contributed by atoms with E-state index in [-0.39, 0.29) is 87.9 Å². The molecule has 552 valence electrons. The summed E-state index contributed by atoms with van der Waals surface area (Å²) in [5.74, 6) is -12.5. The van der Waals surface area contributed by atoms with Crippen LogP contribution in [-0.2, 0) is 57.5 Å². The molecule has 0 heterocycles. The quantitative estimate of drug-likeness (QED) is 0.0163. The van der Waals surface area contributed by atoms with E-state index >= 15 is 0 Å². The highest BCUT2D eigenvalue weighted by Crippen LogP contribution is 2.25. The van der Waals surface area contributed by atoms with Crippen molar-refractivity contribution >= 4 is 76.2 Å². The molecule has 0 saturated heterocycles. The van der Waals surface area contributed by atoms with Crippen molar-refractivity contribution in [1.29, 1.82) is 0 Å². The van der Waals surface area contributed by atoms with E-state index in [4.69, 9.17) is 22.9 Å². The van der Waals surface area contributed by atoms with Crippen LogP contribution >= 0.6 is 0 Å². The van der Waals surface area contributed by atoms with Crippen molar-refractivity contribution in [2.75, 3.05) is 13.1 Å². The number of guanidine groups is 1. The van der Waals surface area contributed by atoms with Gasteiger partial charge < -0.3 is 59.9 Å². The first-order valence-electron chi connectivity index (χ1n) is 36.3. The zero-order valence-corrected chi connectivity index (χ0v) is 61.3. The lowest BCUT2D eigenvalue weighted by Gasteiger charge is -2.29. The lowest BCUT2D eigenvalue weighted by molar-refractivity contribution is -0.137. The van der Waals surface area contributed by atoms with Gasteiger partial charge in [-0.25, -0.2) is 0 Å². The zero-order valence-electron chi connectivity index (χ0n) is 61.3. The number of hydrogen-bond acceptors (Lipinski definition) is 15. The van der Waals surface area contributed by atoms with Gasteiger partial charge in [0.05, 0.1) is 36.7 Å². The first-order valence-corrected chi connectivity index (χ1v) is 36.3. The van der Waals surface area contributed by atoms with E-state index in [0.29, 0.717) is 38.6 Å². The number of carbonyl (C=O) groups is 12. The van der Waals surface area contributed by atoms with Gasteiger partial charge in [0.25, 0.3) is 0 Å². The molecule has 0 aromatic rings. The number of ketones is 5. The van der Waals surface area contributed by atoms with Crippen molar-refractivity contribution < 1.29 is 62.6 Å². The van der Waals surface area contributed by atoms with E-state index in [1.807, 2.05) is 34.6 Å². The molecule has 96 heavy (non-hydrogen) atoms. The topological polar surface area (TPSA) is 414 Å². The first-order chi connectivity index (χ1) is 45.1. The van der Waals surface area contributed by atoms with E-state index in [2.05, 4.69) is 43.8 Å². The number of aliphatic hydroxyl groups excluding tert-OH is 1. The molecule has 0 aromatic heterocycles. The summed E-state index contributed by atoms with van der Waals surface area (Å²) in [4.78, 5) is 169. The van der Waals surface area contributed by atoms with Crippen LogP contribution in [0.1, 0.15) is 270 Å². The van der Waals surface area contributed by atoms with Gasteiger partial charge in [0.2, 0.25) is 41.4 Å². The second-order valence-electron chi connectivity index (χ2n) is 28.6. The number of nitrogens with zero attached hydrogens (tertiary/aromatic N) is 1. The van der Waals surface area contributed by atoms with Crippen molar-refractivity contribution in [1.82, 2.24) is 31.9 Å². The summed E-state index contributed by atoms with van der Waals surface area (Å²) >= 11 is 0.